The first kappa shape index (κ1) is 104. The van der Waals surface area contributed by atoms with Gasteiger partial charge < -0.3 is 39.9 Å². The van der Waals surface area contributed by atoms with Crippen molar-refractivity contribution in [3.63, 3.8) is 0 Å². The Hall–Kier alpha value is -13.8. The first-order chi connectivity index (χ1) is 63.9. The molecule has 134 heavy (non-hydrogen) atoms. The van der Waals surface area contributed by atoms with Gasteiger partial charge in [0, 0.05) is 130 Å². The van der Waals surface area contributed by atoms with E-state index >= 15 is 0 Å². The number of hydrogen-bond donors (Lipinski definition) is 0. The van der Waals surface area contributed by atoms with Crippen molar-refractivity contribution in [3.8, 4) is 135 Å². The number of halogens is 4. The zero-order valence-corrected chi connectivity index (χ0v) is 82.9. The molecule has 20 aromatic rings. The zero-order chi connectivity index (χ0) is 90.1. The van der Waals surface area contributed by atoms with Crippen LogP contribution in [0.3, 0.4) is 0 Å². The van der Waals surface area contributed by atoms with Crippen molar-refractivity contribution in [2.75, 3.05) is 0 Å². The summed E-state index contributed by atoms with van der Waals surface area (Å²) in [6.45, 7) is 7.71. The number of rotatable bonds is 14. The molecule has 0 amide bonds. The van der Waals surface area contributed by atoms with Crippen molar-refractivity contribution >= 4 is 0 Å². The second-order valence-electron chi connectivity index (χ2n) is 29.3. The molecule has 672 valence electrons. The van der Waals surface area contributed by atoms with Crippen molar-refractivity contribution in [1.82, 2.24) is 39.9 Å². The van der Waals surface area contributed by atoms with Crippen molar-refractivity contribution in [2.24, 2.45) is 0 Å². The van der Waals surface area contributed by atoms with Crippen LogP contribution in [-0.2, 0) is 86.8 Å². The van der Waals surface area contributed by atoms with Gasteiger partial charge in [0.2, 0.25) is 0 Å². The van der Waals surface area contributed by atoms with Gasteiger partial charge in [-0.15, -0.1) is 287 Å². The summed E-state index contributed by atoms with van der Waals surface area (Å²) in [6.07, 6.45) is 15.1. The maximum Gasteiger partial charge on any atom is 0.126 e. The standard InChI is InChI=1S/C20H17FN.C19H15FN.C18H13FN.C17H11FN.4C11H8N.4Ir/c1-14(2)18-12-16(8-10-19(18)21)17-9-11-20(22-13-17)15-6-4-3-5-7-15;1-2-14-12-16(8-10-18(14)20)17-9-11-19(21-13-17)15-6-4-3-5-7-15;1-13-11-15(7-9-17(13)19)16-8-10-18(20-12-16)14-5-3-2-4-6-14;18-16-9-6-13(7-10-16)15-8-11-17(19-12-15)14-4-2-1-3-5-14;4*1-2-6-10(7-3-1)11-8-4-5-9-12-11;;;;/h3-6,8-14H,1-2H3;3-6,8-13H,2H2,1H3;2-5,7-12H,1H3;1-4,6-12H;4*1-6,8-9H;;;;/q8*-1;;;;. The van der Waals surface area contributed by atoms with Gasteiger partial charge in [-0.2, -0.15) is 0 Å². The van der Waals surface area contributed by atoms with Crippen molar-refractivity contribution < 1.29 is 98.0 Å². The Bertz CT molecular complexity index is 6240. The van der Waals surface area contributed by atoms with E-state index in [-0.39, 0.29) is 110 Å². The Labute approximate surface area is 837 Å². The summed E-state index contributed by atoms with van der Waals surface area (Å²) in [6, 6.07) is 149. The van der Waals surface area contributed by atoms with E-state index in [0.717, 1.165) is 146 Å². The summed E-state index contributed by atoms with van der Waals surface area (Å²) in [5, 5.41) is 0. The number of benzene rings is 12. The summed E-state index contributed by atoms with van der Waals surface area (Å²) in [5.41, 5.74) is 25.4. The van der Waals surface area contributed by atoms with Crippen LogP contribution in [0, 0.1) is 78.7 Å². The van der Waals surface area contributed by atoms with Crippen molar-refractivity contribution in [2.45, 2.75) is 40.0 Å². The van der Waals surface area contributed by atoms with Gasteiger partial charge in [-0.3, -0.25) is 0 Å². The van der Waals surface area contributed by atoms with Crippen LogP contribution in [-0.4, -0.2) is 39.9 Å². The molecular weight excluding hydrogens is 2370 g/mol. The quantitative estimate of drug-likeness (QED) is 0.0784. The third-order valence-electron chi connectivity index (χ3n) is 20.0. The molecule has 0 unspecified atom stereocenters. The van der Waals surface area contributed by atoms with Gasteiger partial charge in [0.05, 0.1) is 0 Å². The van der Waals surface area contributed by atoms with E-state index in [0.29, 0.717) is 12.0 Å². The van der Waals surface area contributed by atoms with Crippen LogP contribution in [0.25, 0.3) is 135 Å². The average Bonchev–Trinajstić information content (AvgIpc) is 0.837. The minimum atomic E-state index is -0.229. The van der Waals surface area contributed by atoms with Crippen LogP contribution in [0.2, 0.25) is 0 Å². The first-order valence-corrected chi connectivity index (χ1v) is 42.2. The van der Waals surface area contributed by atoms with Crippen LogP contribution in [0.5, 0.6) is 0 Å². The number of hydrogen-bond acceptors (Lipinski definition) is 8. The molecule has 16 heteroatoms. The number of pyridine rings is 8. The van der Waals surface area contributed by atoms with E-state index in [1.165, 1.54) is 30.3 Å². The summed E-state index contributed by atoms with van der Waals surface area (Å²) in [4.78, 5) is 34.7. The van der Waals surface area contributed by atoms with Crippen LogP contribution < -0.4 is 0 Å². The summed E-state index contributed by atoms with van der Waals surface area (Å²) in [7, 11) is 0. The van der Waals surface area contributed by atoms with E-state index in [2.05, 4.69) is 88.4 Å². The maximum atomic E-state index is 13.8. The minimum Gasteiger partial charge on any atom is -0.305 e. The topological polar surface area (TPSA) is 103 Å². The molecule has 0 atom stereocenters. The zero-order valence-electron chi connectivity index (χ0n) is 73.4. The van der Waals surface area contributed by atoms with Gasteiger partial charge in [0.25, 0.3) is 0 Å². The molecule has 0 aliphatic heterocycles. The molecular formula is C118H88F4Ir4N8-8. The molecule has 0 N–H and O–H groups in total. The number of aromatic nitrogens is 8. The Morgan fingerprint density at radius 2 is 0.470 bits per heavy atom. The van der Waals surface area contributed by atoms with Gasteiger partial charge >= 0.3 is 0 Å². The molecule has 0 spiro atoms. The average molecular weight is 2460 g/mol. The third-order valence-corrected chi connectivity index (χ3v) is 20.0. The molecule has 0 saturated heterocycles. The van der Waals surface area contributed by atoms with Crippen LogP contribution >= 0.6 is 0 Å². The smallest absolute Gasteiger partial charge is 0.126 e. The molecule has 8 nitrogen and oxygen atoms in total. The normalized spacial score (nSPS) is 9.95. The number of aryl methyl sites for hydroxylation is 2. The van der Waals surface area contributed by atoms with Gasteiger partial charge in [0.15, 0.2) is 0 Å². The van der Waals surface area contributed by atoms with Gasteiger partial charge in [-0.05, 0) is 199 Å². The summed E-state index contributed by atoms with van der Waals surface area (Å²) in [5.74, 6) is -0.553. The van der Waals surface area contributed by atoms with E-state index in [1.807, 2.05) is 373 Å². The fourth-order valence-electron chi connectivity index (χ4n) is 13.1. The molecule has 0 saturated carbocycles. The fourth-order valence-corrected chi connectivity index (χ4v) is 13.1. The molecule has 8 heterocycles. The van der Waals surface area contributed by atoms with Crippen LogP contribution in [0.4, 0.5) is 17.6 Å². The second-order valence-corrected chi connectivity index (χ2v) is 29.3. The molecule has 0 aliphatic carbocycles. The summed E-state index contributed by atoms with van der Waals surface area (Å²) < 4.78 is 53.5. The predicted molar refractivity (Wildman–Crippen MR) is 518 cm³/mol. The first-order valence-electron chi connectivity index (χ1n) is 42.2. The van der Waals surface area contributed by atoms with Crippen molar-refractivity contribution in [1.29, 1.82) is 0 Å². The molecule has 8 aromatic heterocycles. The van der Waals surface area contributed by atoms with Gasteiger partial charge in [-0.25, -0.2) is 17.6 Å². The Kier molecular flexibility index (Phi) is 43.5. The van der Waals surface area contributed by atoms with Gasteiger partial charge in [0.1, 0.15) is 23.3 Å². The fraction of sp³-hybridized carbons (Fsp3) is 0.0508. The Balaban J connectivity index is 0.000000173. The SMILES string of the molecule is CC(C)c1cc(-c2ccc(-c3[c-]cccc3)nc2)ccc1F.CCc1cc(-c2ccc(-c3[c-]cccc3)nc2)ccc1F.Cc1cc(-c2ccc(-c3[c-]cccc3)nc2)ccc1F.Fc1ccc(-c2ccc(-c3[c-]cccc3)nc2)cc1.[Ir].[Ir].[Ir].[Ir].[c-]1ccccc1-c1ccccn1.[c-]1ccccc1-c1ccccn1.[c-]1ccccc1-c1ccccn1.[c-]1ccccc1-c1ccccn1. The second kappa shape index (κ2) is 56.1. The molecule has 20 rings (SSSR count). The largest absolute Gasteiger partial charge is 0.305 e. The molecule has 0 fully saturated rings. The predicted octanol–water partition coefficient (Wildman–Crippen LogP) is 29.6. The van der Waals surface area contributed by atoms with Crippen molar-refractivity contribution in [3.05, 3.63) is 532 Å². The van der Waals surface area contributed by atoms with E-state index in [4.69, 9.17) is 0 Å². The Morgan fingerprint density at radius 1 is 0.231 bits per heavy atom. The van der Waals surface area contributed by atoms with E-state index in [1.54, 1.807) is 68.2 Å². The summed E-state index contributed by atoms with van der Waals surface area (Å²) >= 11 is 0. The van der Waals surface area contributed by atoms with E-state index < -0.39 is 0 Å². The van der Waals surface area contributed by atoms with Crippen LogP contribution in [0.1, 0.15) is 43.4 Å². The minimum absolute atomic E-state index is 0. The number of nitrogens with zero attached hydrogens (tertiary/aromatic N) is 8. The molecule has 4 radical (unpaired) electrons. The third kappa shape index (κ3) is 32.0. The van der Waals surface area contributed by atoms with Gasteiger partial charge in [-0.1, -0.05) is 148 Å². The Morgan fingerprint density at radius 3 is 0.709 bits per heavy atom. The molecule has 0 bridgehead atoms. The maximum absolute atomic E-state index is 13.8. The monoisotopic (exact) mass is 2460 g/mol. The molecule has 0 aliphatic rings. The van der Waals surface area contributed by atoms with Crippen LogP contribution in [0.15, 0.2) is 444 Å². The molecule has 12 aromatic carbocycles. The van der Waals surface area contributed by atoms with E-state index in [9.17, 15) is 17.6 Å².